The normalized spacial score (nSPS) is 30.0. The number of alkyl halides is 6. The van der Waals surface area contributed by atoms with E-state index in [1.165, 1.54) is 0 Å². The molecule has 0 aromatic heterocycles. The van der Waals surface area contributed by atoms with Gasteiger partial charge in [-0.25, -0.2) is 0 Å². The van der Waals surface area contributed by atoms with Crippen molar-refractivity contribution in [3.63, 3.8) is 0 Å². The number of aliphatic hydroxyl groups is 1. The molecule has 1 aliphatic rings. The van der Waals surface area contributed by atoms with Gasteiger partial charge in [-0.3, -0.25) is 0 Å². The molecule has 0 aliphatic heterocycles. The van der Waals surface area contributed by atoms with E-state index in [0.717, 1.165) is 0 Å². The molecule has 108 valence electrons. The summed E-state index contributed by atoms with van der Waals surface area (Å²) >= 11 is 0. The van der Waals surface area contributed by atoms with Crippen LogP contribution < -0.4 is 5.73 Å². The van der Waals surface area contributed by atoms with Crippen LogP contribution in [-0.2, 0) is 0 Å². The van der Waals surface area contributed by atoms with Crippen molar-refractivity contribution in [2.45, 2.75) is 50.2 Å². The van der Waals surface area contributed by atoms with Crippen molar-refractivity contribution in [1.29, 1.82) is 0 Å². The minimum absolute atomic E-state index is 0.0885. The van der Waals surface area contributed by atoms with E-state index < -0.39 is 42.8 Å². The average molecular weight is 279 g/mol. The molecule has 18 heavy (non-hydrogen) atoms. The van der Waals surface area contributed by atoms with Gasteiger partial charge < -0.3 is 10.8 Å². The summed E-state index contributed by atoms with van der Waals surface area (Å²) in [6.07, 6.45) is -12.3. The van der Waals surface area contributed by atoms with E-state index in [0.29, 0.717) is 0 Å². The van der Waals surface area contributed by atoms with Gasteiger partial charge in [-0.15, -0.1) is 0 Å². The first-order chi connectivity index (χ1) is 8.03. The third kappa shape index (κ3) is 3.74. The van der Waals surface area contributed by atoms with E-state index in [2.05, 4.69) is 0 Å². The molecule has 1 rings (SSSR count). The molecule has 0 aromatic rings. The molecular weight excluding hydrogens is 264 g/mol. The lowest BCUT2D eigenvalue weighted by atomic mass is 9.76. The lowest BCUT2D eigenvalue weighted by Crippen LogP contribution is -2.50. The van der Waals surface area contributed by atoms with E-state index in [9.17, 15) is 26.3 Å². The van der Waals surface area contributed by atoms with Crippen molar-refractivity contribution >= 4 is 0 Å². The van der Waals surface area contributed by atoms with E-state index in [1.54, 1.807) is 0 Å². The monoisotopic (exact) mass is 279 g/mol. The van der Waals surface area contributed by atoms with Gasteiger partial charge in [0.2, 0.25) is 0 Å². The van der Waals surface area contributed by atoms with Gasteiger partial charge in [-0.05, 0) is 25.2 Å². The molecule has 1 aliphatic carbocycles. The van der Waals surface area contributed by atoms with E-state index >= 15 is 0 Å². The van der Waals surface area contributed by atoms with Crippen molar-refractivity contribution in [2.75, 3.05) is 0 Å². The number of hydrogen-bond donors (Lipinski definition) is 2. The van der Waals surface area contributed by atoms with Gasteiger partial charge in [0.1, 0.15) is 0 Å². The molecule has 4 atom stereocenters. The zero-order valence-electron chi connectivity index (χ0n) is 9.43. The van der Waals surface area contributed by atoms with Crippen molar-refractivity contribution < 1.29 is 31.4 Å². The van der Waals surface area contributed by atoms with Gasteiger partial charge in [0, 0.05) is 6.04 Å². The smallest absolute Gasteiger partial charge is 0.382 e. The zero-order chi connectivity index (χ0) is 14.1. The fourth-order valence-electron chi connectivity index (χ4n) is 2.35. The summed E-state index contributed by atoms with van der Waals surface area (Å²) in [6.45, 7) is 0. The van der Waals surface area contributed by atoms with Crippen LogP contribution >= 0.6 is 0 Å². The molecule has 0 bridgehead atoms. The van der Waals surface area contributed by atoms with Crippen LogP contribution in [0.25, 0.3) is 0 Å². The maximum Gasteiger partial charge on any atom is 0.415 e. The lowest BCUT2D eigenvalue weighted by Gasteiger charge is -2.35. The fraction of sp³-hybridized carbons (Fsp3) is 1.00. The first-order valence-electron chi connectivity index (χ1n) is 5.60. The SMILES string of the molecule is NC(C1CCCC(C(F)(F)F)C1)C(O)C(F)(F)F. The van der Waals surface area contributed by atoms with Crippen LogP contribution in [0.4, 0.5) is 26.3 Å². The van der Waals surface area contributed by atoms with Crippen molar-refractivity contribution in [1.82, 2.24) is 0 Å². The summed E-state index contributed by atoms with van der Waals surface area (Å²) in [5.74, 6) is -2.58. The zero-order valence-corrected chi connectivity index (χ0v) is 9.43. The highest BCUT2D eigenvalue weighted by Crippen LogP contribution is 2.41. The Morgan fingerprint density at radius 1 is 1.06 bits per heavy atom. The van der Waals surface area contributed by atoms with Crippen LogP contribution in [-0.4, -0.2) is 29.6 Å². The summed E-state index contributed by atoms with van der Waals surface area (Å²) in [6, 6.07) is -1.70. The Morgan fingerprint density at radius 3 is 2.06 bits per heavy atom. The molecule has 0 aromatic carbocycles. The molecule has 1 fully saturated rings. The highest BCUT2D eigenvalue weighted by Gasteiger charge is 2.48. The van der Waals surface area contributed by atoms with E-state index in [4.69, 9.17) is 10.8 Å². The van der Waals surface area contributed by atoms with Crippen LogP contribution in [0.1, 0.15) is 25.7 Å². The van der Waals surface area contributed by atoms with Crippen LogP contribution in [0, 0.1) is 11.8 Å². The van der Waals surface area contributed by atoms with Gasteiger partial charge in [0.05, 0.1) is 5.92 Å². The minimum atomic E-state index is -4.90. The molecule has 4 unspecified atom stereocenters. The Hall–Kier alpha value is -0.500. The Labute approximate surface area is 100 Å². The van der Waals surface area contributed by atoms with Gasteiger partial charge in [0.15, 0.2) is 6.10 Å². The Balaban J connectivity index is 2.67. The predicted molar refractivity (Wildman–Crippen MR) is 51.5 cm³/mol. The number of nitrogens with two attached hydrogens (primary N) is 1. The minimum Gasteiger partial charge on any atom is -0.382 e. The molecule has 0 amide bonds. The molecule has 0 saturated heterocycles. The average Bonchev–Trinajstić information content (AvgIpc) is 2.25. The van der Waals surface area contributed by atoms with Gasteiger partial charge in [-0.2, -0.15) is 26.3 Å². The highest BCUT2D eigenvalue weighted by molar-refractivity contribution is 4.89. The maximum absolute atomic E-state index is 12.5. The van der Waals surface area contributed by atoms with Crippen LogP contribution in [0.5, 0.6) is 0 Å². The lowest BCUT2D eigenvalue weighted by molar-refractivity contribution is -0.218. The summed E-state index contributed by atoms with van der Waals surface area (Å²) in [5, 5.41) is 8.96. The second-order valence-electron chi connectivity index (χ2n) is 4.73. The number of aliphatic hydroxyl groups excluding tert-OH is 1. The summed E-state index contributed by atoms with van der Waals surface area (Å²) in [4.78, 5) is 0. The van der Waals surface area contributed by atoms with Crippen LogP contribution in [0.15, 0.2) is 0 Å². The first kappa shape index (κ1) is 15.6. The maximum atomic E-state index is 12.5. The van der Waals surface area contributed by atoms with Gasteiger partial charge in [-0.1, -0.05) is 6.42 Å². The van der Waals surface area contributed by atoms with E-state index in [1.807, 2.05) is 0 Å². The van der Waals surface area contributed by atoms with Crippen molar-refractivity contribution in [3.8, 4) is 0 Å². The highest BCUT2D eigenvalue weighted by atomic mass is 19.4. The number of halogens is 6. The molecule has 3 N–H and O–H groups in total. The van der Waals surface area contributed by atoms with Gasteiger partial charge in [0.25, 0.3) is 0 Å². The number of hydrogen-bond acceptors (Lipinski definition) is 2. The topological polar surface area (TPSA) is 46.2 Å². The third-order valence-corrected chi connectivity index (χ3v) is 3.42. The van der Waals surface area contributed by atoms with Crippen LogP contribution in [0.3, 0.4) is 0 Å². The summed E-state index contributed by atoms with van der Waals surface area (Å²) in [5.41, 5.74) is 5.25. The summed E-state index contributed by atoms with van der Waals surface area (Å²) in [7, 11) is 0. The second kappa shape index (κ2) is 5.24. The Kier molecular flexibility index (Phi) is 4.53. The quantitative estimate of drug-likeness (QED) is 0.763. The summed E-state index contributed by atoms with van der Waals surface area (Å²) < 4.78 is 74.2. The largest absolute Gasteiger partial charge is 0.415 e. The molecule has 2 nitrogen and oxygen atoms in total. The standard InChI is InChI=1S/C10H15F6NO/c11-9(12,13)6-3-1-2-5(4-6)7(17)8(18)10(14,15)16/h5-8,18H,1-4,17H2. The molecule has 0 spiro atoms. The van der Waals surface area contributed by atoms with Gasteiger partial charge >= 0.3 is 12.4 Å². The molecule has 1 saturated carbocycles. The first-order valence-corrected chi connectivity index (χ1v) is 5.60. The van der Waals surface area contributed by atoms with Crippen LogP contribution in [0.2, 0.25) is 0 Å². The van der Waals surface area contributed by atoms with Crippen molar-refractivity contribution in [2.24, 2.45) is 17.6 Å². The van der Waals surface area contributed by atoms with Crippen molar-refractivity contribution in [3.05, 3.63) is 0 Å². The third-order valence-electron chi connectivity index (χ3n) is 3.42. The molecule has 0 heterocycles. The Morgan fingerprint density at radius 2 is 1.61 bits per heavy atom. The second-order valence-corrected chi connectivity index (χ2v) is 4.73. The predicted octanol–water partition coefficient (Wildman–Crippen LogP) is 2.61. The Bertz CT molecular complexity index is 265. The molecule has 0 radical (unpaired) electrons. The fourth-order valence-corrected chi connectivity index (χ4v) is 2.35. The number of rotatable bonds is 2. The molecular formula is C10H15F6NO. The van der Waals surface area contributed by atoms with E-state index in [-0.39, 0.29) is 19.3 Å². The molecule has 8 heteroatoms.